The minimum Gasteiger partial charge on any atom is -0.301 e. The van der Waals surface area contributed by atoms with Crippen molar-refractivity contribution < 1.29 is 4.21 Å². The monoisotopic (exact) mass is 214 g/mol. The Morgan fingerprint density at radius 2 is 2.00 bits per heavy atom. The molecule has 1 aliphatic heterocycles. The highest BCUT2D eigenvalue weighted by Crippen LogP contribution is 2.19. The topological polar surface area (TPSA) is 44.1 Å². The molecule has 0 aromatic heterocycles. The molecule has 0 aromatic carbocycles. The molecule has 0 unspecified atom stereocenters. The molecule has 14 heavy (non-hydrogen) atoms. The summed E-state index contributed by atoms with van der Waals surface area (Å²) < 4.78 is 11.1. The predicted molar refractivity (Wildman–Crippen MR) is 58.3 cm³/mol. The second kappa shape index (κ2) is 4.90. The first-order valence-electron chi connectivity index (χ1n) is 5.02. The fourth-order valence-electron chi connectivity index (χ4n) is 1.39. The van der Waals surface area contributed by atoms with Gasteiger partial charge in [-0.25, -0.2) is 0 Å². The van der Waals surface area contributed by atoms with Crippen molar-refractivity contribution in [1.82, 2.24) is 4.90 Å². The number of hydrogen-bond acceptors (Lipinski definition) is 3. The predicted octanol–water partition coefficient (Wildman–Crippen LogP) is 0.991. The summed E-state index contributed by atoms with van der Waals surface area (Å²) >= 11 is 0. The maximum atomic E-state index is 11.1. The Bertz CT molecular complexity index is 247. The second-order valence-corrected chi connectivity index (χ2v) is 6.13. The Hall–Kier alpha value is -0.400. The molecule has 4 heteroatoms. The third kappa shape index (κ3) is 3.77. The Labute approximate surface area is 88.5 Å². The highest BCUT2D eigenvalue weighted by Gasteiger charge is 2.20. The van der Waals surface area contributed by atoms with Gasteiger partial charge in [-0.15, -0.1) is 0 Å². The van der Waals surface area contributed by atoms with Gasteiger partial charge in [0.1, 0.15) is 0 Å². The molecule has 1 aliphatic rings. The lowest BCUT2D eigenvalue weighted by Gasteiger charge is -2.28. The van der Waals surface area contributed by atoms with E-state index in [4.69, 9.17) is 5.26 Å². The summed E-state index contributed by atoms with van der Waals surface area (Å²) in [5.74, 6) is 1.60. The number of nitriles is 1. The molecule has 3 nitrogen and oxygen atoms in total. The molecule has 0 amide bonds. The summed E-state index contributed by atoms with van der Waals surface area (Å²) in [5.41, 5.74) is -0.226. The lowest BCUT2D eigenvalue weighted by atomic mass is 9.91. The molecule has 1 fully saturated rings. The Kier molecular flexibility index (Phi) is 4.09. The van der Waals surface area contributed by atoms with Gasteiger partial charge >= 0.3 is 0 Å². The second-order valence-electron chi connectivity index (χ2n) is 4.44. The van der Waals surface area contributed by atoms with Crippen molar-refractivity contribution in [2.24, 2.45) is 5.41 Å². The molecule has 0 aliphatic carbocycles. The van der Waals surface area contributed by atoms with Crippen molar-refractivity contribution in [1.29, 1.82) is 5.26 Å². The fourth-order valence-corrected chi connectivity index (χ4v) is 2.52. The summed E-state index contributed by atoms with van der Waals surface area (Å²) in [5, 5.41) is 8.85. The van der Waals surface area contributed by atoms with Crippen LogP contribution < -0.4 is 0 Å². The van der Waals surface area contributed by atoms with Crippen molar-refractivity contribution in [3.05, 3.63) is 0 Å². The van der Waals surface area contributed by atoms with Crippen molar-refractivity contribution >= 4 is 10.8 Å². The third-order valence-electron chi connectivity index (χ3n) is 2.63. The molecular weight excluding hydrogens is 196 g/mol. The molecule has 0 radical (unpaired) electrons. The van der Waals surface area contributed by atoms with Crippen LogP contribution >= 0.6 is 0 Å². The van der Waals surface area contributed by atoms with E-state index in [-0.39, 0.29) is 5.41 Å². The van der Waals surface area contributed by atoms with Crippen LogP contribution in [0.15, 0.2) is 0 Å². The van der Waals surface area contributed by atoms with Crippen molar-refractivity contribution in [2.75, 3.05) is 31.1 Å². The van der Waals surface area contributed by atoms with Crippen molar-refractivity contribution in [3.63, 3.8) is 0 Å². The van der Waals surface area contributed by atoms with Crippen LogP contribution in [-0.4, -0.2) is 40.2 Å². The van der Waals surface area contributed by atoms with Crippen LogP contribution in [0.5, 0.6) is 0 Å². The van der Waals surface area contributed by atoms with Crippen molar-refractivity contribution in [3.8, 4) is 6.07 Å². The number of hydrogen-bond donors (Lipinski definition) is 0. The number of rotatable bonds is 3. The highest BCUT2D eigenvalue weighted by atomic mass is 32.2. The summed E-state index contributed by atoms with van der Waals surface area (Å²) in [4.78, 5) is 2.31. The smallest absolute Gasteiger partial charge is 0.0684 e. The van der Waals surface area contributed by atoms with Crippen LogP contribution in [0.3, 0.4) is 0 Å². The minimum absolute atomic E-state index is 0.226. The van der Waals surface area contributed by atoms with Crippen molar-refractivity contribution in [2.45, 2.75) is 20.3 Å². The first-order valence-corrected chi connectivity index (χ1v) is 6.51. The molecule has 0 aromatic rings. The van der Waals surface area contributed by atoms with Gasteiger partial charge in [0.15, 0.2) is 0 Å². The van der Waals surface area contributed by atoms with Gasteiger partial charge in [0, 0.05) is 35.4 Å². The van der Waals surface area contributed by atoms with E-state index in [1.807, 2.05) is 13.8 Å². The Morgan fingerprint density at radius 3 is 2.50 bits per heavy atom. The standard InChI is InChI=1S/C10H18N2OS/c1-10(2,9-11)3-4-12-5-7-14(13)8-6-12/h3-8H2,1-2H3. The lowest BCUT2D eigenvalue weighted by molar-refractivity contribution is 0.261. The molecule has 80 valence electrons. The van der Waals surface area contributed by atoms with Crippen LogP contribution in [-0.2, 0) is 10.8 Å². The van der Waals surface area contributed by atoms with E-state index in [0.717, 1.165) is 37.6 Å². The SMILES string of the molecule is CC(C)(C#N)CCN1CCS(=O)CC1. The first-order chi connectivity index (χ1) is 6.53. The molecule has 1 heterocycles. The molecule has 1 rings (SSSR count). The Morgan fingerprint density at radius 1 is 1.43 bits per heavy atom. The van der Waals surface area contributed by atoms with E-state index < -0.39 is 10.8 Å². The molecule has 0 saturated carbocycles. The fraction of sp³-hybridized carbons (Fsp3) is 0.900. The maximum absolute atomic E-state index is 11.1. The van der Waals surface area contributed by atoms with E-state index in [9.17, 15) is 4.21 Å². The van der Waals surface area contributed by atoms with Gasteiger partial charge in [-0.3, -0.25) is 4.21 Å². The van der Waals surface area contributed by atoms with E-state index in [0.29, 0.717) is 0 Å². The van der Waals surface area contributed by atoms with Crippen LogP contribution in [0.1, 0.15) is 20.3 Å². The van der Waals surface area contributed by atoms with Crippen LogP contribution in [0, 0.1) is 16.7 Å². The van der Waals surface area contributed by atoms with E-state index in [1.54, 1.807) is 0 Å². The average molecular weight is 214 g/mol. The van der Waals surface area contributed by atoms with E-state index in [2.05, 4.69) is 11.0 Å². The van der Waals surface area contributed by atoms with Crippen LogP contribution in [0.4, 0.5) is 0 Å². The van der Waals surface area contributed by atoms with E-state index >= 15 is 0 Å². The zero-order valence-electron chi connectivity index (χ0n) is 8.95. The normalized spacial score (nSPS) is 20.6. The van der Waals surface area contributed by atoms with Crippen LogP contribution in [0.2, 0.25) is 0 Å². The Balaban J connectivity index is 2.26. The molecule has 0 atom stereocenters. The average Bonchev–Trinajstić information content (AvgIpc) is 2.17. The van der Waals surface area contributed by atoms with Gasteiger partial charge in [-0.2, -0.15) is 5.26 Å². The summed E-state index contributed by atoms with van der Waals surface area (Å²) in [6.45, 7) is 6.74. The summed E-state index contributed by atoms with van der Waals surface area (Å²) in [6.07, 6.45) is 0.899. The lowest BCUT2D eigenvalue weighted by Crippen LogP contribution is -2.39. The van der Waals surface area contributed by atoms with Gasteiger partial charge in [0.2, 0.25) is 0 Å². The third-order valence-corrected chi connectivity index (χ3v) is 3.90. The zero-order chi connectivity index (χ0) is 10.6. The molecule has 0 N–H and O–H groups in total. The molecule has 1 saturated heterocycles. The highest BCUT2D eigenvalue weighted by molar-refractivity contribution is 7.85. The molecule has 0 spiro atoms. The first kappa shape index (κ1) is 11.7. The van der Waals surface area contributed by atoms with Gasteiger partial charge in [0.05, 0.1) is 11.5 Å². The van der Waals surface area contributed by atoms with Gasteiger partial charge in [-0.05, 0) is 26.8 Å². The maximum Gasteiger partial charge on any atom is 0.0684 e. The van der Waals surface area contributed by atoms with Gasteiger partial charge < -0.3 is 4.90 Å². The summed E-state index contributed by atoms with van der Waals surface area (Å²) in [6, 6.07) is 2.30. The minimum atomic E-state index is -0.594. The summed E-state index contributed by atoms with van der Waals surface area (Å²) in [7, 11) is -0.594. The molecular formula is C10H18N2OS. The zero-order valence-corrected chi connectivity index (χ0v) is 9.77. The van der Waals surface area contributed by atoms with Crippen LogP contribution in [0.25, 0.3) is 0 Å². The molecule has 0 bridgehead atoms. The van der Waals surface area contributed by atoms with E-state index in [1.165, 1.54) is 0 Å². The van der Waals surface area contributed by atoms with Gasteiger partial charge in [0.25, 0.3) is 0 Å². The largest absolute Gasteiger partial charge is 0.301 e. The quantitative estimate of drug-likeness (QED) is 0.703. The van der Waals surface area contributed by atoms with Gasteiger partial charge in [-0.1, -0.05) is 0 Å². The number of nitrogens with zero attached hydrogens (tertiary/aromatic N) is 2.